The van der Waals surface area contributed by atoms with Crippen molar-refractivity contribution >= 4 is 23.0 Å². The summed E-state index contributed by atoms with van der Waals surface area (Å²) in [5, 5.41) is 14.3. The molecule has 118 valence electrons. The van der Waals surface area contributed by atoms with E-state index in [1.807, 2.05) is 0 Å². The fraction of sp³-hybridized carbons (Fsp3) is 0.133. The number of fused-ring (bicyclic) bond motifs is 1. The summed E-state index contributed by atoms with van der Waals surface area (Å²) in [5.74, 6) is 1.15. The van der Waals surface area contributed by atoms with E-state index in [0.29, 0.717) is 22.8 Å². The molecule has 8 heteroatoms. The Labute approximate surface area is 131 Å². The molecule has 0 aliphatic heterocycles. The molecule has 8 nitrogen and oxygen atoms in total. The van der Waals surface area contributed by atoms with Crippen molar-refractivity contribution in [3.8, 4) is 11.5 Å². The number of nitro groups is 1. The predicted molar refractivity (Wildman–Crippen MR) is 84.7 cm³/mol. The van der Waals surface area contributed by atoms with Crippen molar-refractivity contribution in [2.24, 2.45) is 0 Å². The number of nitrogens with one attached hydrogen (secondary N) is 1. The van der Waals surface area contributed by atoms with Crippen molar-refractivity contribution in [1.29, 1.82) is 0 Å². The summed E-state index contributed by atoms with van der Waals surface area (Å²) < 4.78 is 11.8. The van der Waals surface area contributed by atoms with E-state index in [1.165, 1.54) is 18.6 Å². The van der Waals surface area contributed by atoms with Crippen LogP contribution in [0.5, 0.6) is 11.5 Å². The van der Waals surface area contributed by atoms with Crippen LogP contribution in [0.2, 0.25) is 0 Å². The van der Waals surface area contributed by atoms with E-state index in [1.54, 1.807) is 42.6 Å². The minimum Gasteiger partial charge on any atom is -0.497 e. The molecule has 0 saturated heterocycles. The second-order valence-electron chi connectivity index (χ2n) is 4.70. The summed E-state index contributed by atoms with van der Waals surface area (Å²) in [7, 11) is 3.07. The van der Waals surface area contributed by atoms with Crippen molar-refractivity contribution < 1.29 is 14.4 Å². The number of anilines is 2. The first-order valence-corrected chi connectivity index (χ1v) is 6.74. The molecule has 23 heavy (non-hydrogen) atoms. The molecule has 1 aromatic carbocycles. The highest BCUT2D eigenvalue weighted by molar-refractivity contribution is 5.70. The van der Waals surface area contributed by atoms with Crippen LogP contribution >= 0.6 is 0 Å². The summed E-state index contributed by atoms with van der Waals surface area (Å²) in [6.07, 6.45) is 1.60. The molecule has 0 radical (unpaired) electrons. The Bertz CT molecular complexity index is 853. The first kappa shape index (κ1) is 14.6. The Balaban J connectivity index is 2.08. The third-order valence-corrected chi connectivity index (χ3v) is 3.29. The monoisotopic (exact) mass is 314 g/mol. The molecule has 0 aliphatic carbocycles. The first-order chi connectivity index (χ1) is 11.1. The molecular weight excluding hydrogens is 300 g/mol. The van der Waals surface area contributed by atoms with E-state index >= 15 is 0 Å². The first-order valence-electron chi connectivity index (χ1n) is 6.74. The van der Waals surface area contributed by atoms with E-state index in [4.69, 9.17) is 9.47 Å². The minimum absolute atomic E-state index is 0.137. The van der Waals surface area contributed by atoms with Gasteiger partial charge in [0.2, 0.25) is 11.5 Å². The fourth-order valence-corrected chi connectivity index (χ4v) is 2.26. The lowest BCUT2D eigenvalue weighted by atomic mass is 10.2. The molecule has 2 aromatic heterocycles. The third kappa shape index (κ3) is 2.73. The van der Waals surface area contributed by atoms with Gasteiger partial charge in [0.05, 0.1) is 20.4 Å². The van der Waals surface area contributed by atoms with E-state index < -0.39 is 4.92 Å². The second-order valence-corrected chi connectivity index (χ2v) is 4.70. The van der Waals surface area contributed by atoms with E-state index in [0.717, 1.165) is 0 Å². The summed E-state index contributed by atoms with van der Waals surface area (Å²) >= 11 is 0. The average molecular weight is 314 g/mol. The normalized spacial score (nSPS) is 10.5. The summed E-state index contributed by atoms with van der Waals surface area (Å²) in [6, 6.07) is 10.3. The Morgan fingerprint density at radius 2 is 1.87 bits per heavy atom. The molecule has 0 atom stereocenters. The second kappa shape index (κ2) is 5.84. The Morgan fingerprint density at radius 3 is 2.48 bits per heavy atom. The maximum Gasteiger partial charge on any atom is 0.372 e. The molecule has 0 spiro atoms. The molecule has 0 bridgehead atoms. The fourth-order valence-electron chi connectivity index (χ4n) is 2.26. The van der Waals surface area contributed by atoms with Gasteiger partial charge in [-0.15, -0.1) is 0 Å². The molecule has 0 unspecified atom stereocenters. The van der Waals surface area contributed by atoms with Crippen LogP contribution in [0.4, 0.5) is 17.3 Å². The lowest BCUT2D eigenvalue weighted by Crippen LogP contribution is -1.99. The van der Waals surface area contributed by atoms with Gasteiger partial charge in [0.1, 0.15) is 11.5 Å². The molecule has 0 aliphatic rings. The topological polar surface area (TPSA) is 90.9 Å². The molecule has 0 amide bonds. The maximum atomic E-state index is 11.4. The number of hydrogen-bond donors (Lipinski definition) is 1. The number of ether oxygens (including phenoxy) is 2. The van der Waals surface area contributed by atoms with Crippen molar-refractivity contribution in [1.82, 2.24) is 9.38 Å². The van der Waals surface area contributed by atoms with Crippen LogP contribution in [-0.4, -0.2) is 28.5 Å². The molecular formula is C15H14N4O4. The summed E-state index contributed by atoms with van der Waals surface area (Å²) in [5.41, 5.74) is 1.06. The molecule has 1 N–H and O–H groups in total. The maximum absolute atomic E-state index is 11.4. The third-order valence-electron chi connectivity index (χ3n) is 3.29. The van der Waals surface area contributed by atoms with Crippen LogP contribution < -0.4 is 14.8 Å². The van der Waals surface area contributed by atoms with Crippen molar-refractivity contribution in [3.05, 3.63) is 52.7 Å². The van der Waals surface area contributed by atoms with E-state index in [2.05, 4.69) is 10.3 Å². The lowest BCUT2D eigenvalue weighted by molar-refractivity contribution is -0.389. The van der Waals surface area contributed by atoms with Gasteiger partial charge in [-0.3, -0.25) is 0 Å². The Hall–Kier alpha value is -3.29. The number of imidazole rings is 1. The highest BCUT2D eigenvalue weighted by Crippen LogP contribution is 2.32. The van der Waals surface area contributed by atoms with Gasteiger partial charge in [-0.25, -0.2) is 0 Å². The van der Waals surface area contributed by atoms with Gasteiger partial charge in [-0.2, -0.15) is 9.38 Å². The van der Waals surface area contributed by atoms with Gasteiger partial charge in [0, 0.05) is 30.0 Å². The smallest absolute Gasteiger partial charge is 0.372 e. The van der Waals surface area contributed by atoms with Crippen molar-refractivity contribution in [2.45, 2.75) is 0 Å². The zero-order chi connectivity index (χ0) is 16.4. The van der Waals surface area contributed by atoms with Gasteiger partial charge in [0.15, 0.2) is 0 Å². The average Bonchev–Trinajstić information content (AvgIpc) is 2.92. The number of pyridine rings is 1. The summed E-state index contributed by atoms with van der Waals surface area (Å²) in [6.45, 7) is 0. The minimum atomic E-state index is -0.472. The van der Waals surface area contributed by atoms with Gasteiger partial charge in [-0.05, 0) is 11.0 Å². The SMILES string of the molecule is COc1cc(Nc2nc3ccccn3c2[N+](=O)[O-])cc(OC)c1. The number of hydrogen-bond acceptors (Lipinski definition) is 6. The predicted octanol–water partition coefficient (Wildman–Crippen LogP) is 3.00. The number of rotatable bonds is 5. The van der Waals surface area contributed by atoms with E-state index in [-0.39, 0.29) is 11.6 Å². The number of benzene rings is 1. The molecule has 0 fully saturated rings. The molecule has 0 saturated carbocycles. The van der Waals surface area contributed by atoms with Crippen molar-refractivity contribution in [2.75, 3.05) is 19.5 Å². The standard InChI is InChI=1S/C15H14N4O4/c1-22-11-7-10(8-12(9-11)23-2)16-14-15(19(20)21)18-6-4-3-5-13(18)17-14/h3-9,16H,1-2H3. The lowest BCUT2D eigenvalue weighted by Gasteiger charge is -2.09. The van der Waals surface area contributed by atoms with Crippen LogP contribution in [0, 0.1) is 10.1 Å². The van der Waals surface area contributed by atoms with Crippen LogP contribution in [0.1, 0.15) is 0 Å². The summed E-state index contributed by atoms with van der Waals surface area (Å²) in [4.78, 5) is 15.2. The molecule has 3 rings (SSSR count). The zero-order valence-electron chi connectivity index (χ0n) is 12.5. The number of aromatic nitrogens is 2. The van der Waals surface area contributed by atoms with Gasteiger partial charge in [0.25, 0.3) is 0 Å². The van der Waals surface area contributed by atoms with E-state index in [9.17, 15) is 10.1 Å². The van der Waals surface area contributed by atoms with Crippen LogP contribution in [0.25, 0.3) is 5.65 Å². The van der Waals surface area contributed by atoms with Crippen molar-refractivity contribution in [3.63, 3.8) is 0 Å². The Morgan fingerprint density at radius 1 is 1.17 bits per heavy atom. The van der Waals surface area contributed by atoms with Crippen LogP contribution in [0.15, 0.2) is 42.6 Å². The van der Waals surface area contributed by atoms with Crippen LogP contribution in [0.3, 0.4) is 0 Å². The largest absolute Gasteiger partial charge is 0.497 e. The van der Waals surface area contributed by atoms with Crippen LogP contribution in [-0.2, 0) is 0 Å². The van der Waals surface area contributed by atoms with Gasteiger partial charge < -0.3 is 24.9 Å². The Kier molecular flexibility index (Phi) is 3.71. The molecule has 3 aromatic rings. The highest BCUT2D eigenvalue weighted by atomic mass is 16.6. The number of methoxy groups -OCH3 is 2. The highest BCUT2D eigenvalue weighted by Gasteiger charge is 2.22. The van der Waals surface area contributed by atoms with Gasteiger partial charge >= 0.3 is 5.82 Å². The quantitative estimate of drug-likeness (QED) is 0.575. The zero-order valence-corrected chi connectivity index (χ0v) is 12.5. The molecule has 2 heterocycles. The van der Waals surface area contributed by atoms with Gasteiger partial charge in [-0.1, -0.05) is 6.07 Å². The number of nitrogens with zero attached hydrogens (tertiary/aromatic N) is 3.